The quantitative estimate of drug-likeness (QED) is 0.301. The number of carbonyl (C=O) groups excluding carboxylic acids is 3. The van der Waals surface area contributed by atoms with E-state index in [-0.39, 0.29) is 17.1 Å². The van der Waals surface area contributed by atoms with Crippen molar-refractivity contribution in [3.05, 3.63) is 105 Å². The van der Waals surface area contributed by atoms with Gasteiger partial charge in [0.2, 0.25) is 17.7 Å². The van der Waals surface area contributed by atoms with Crippen molar-refractivity contribution < 1.29 is 24.2 Å². The third-order valence-corrected chi connectivity index (χ3v) is 7.33. The highest BCUT2D eigenvalue weighted by atomic mass is 16.6. The van der Waals surface area contributed by atoms with Crippen LogP contribution >= 0.6 is 0 Å². The summed E-state index contributed by atoms with van der Waals surface area (Å²) in [5, 5.41) is 25.1. The molecule has 3 heterocycles. The van der Waals surface area contributed by atoms with E-state index in [1.165, 1.54) is 42.5 Å². The molecule has 3 amide bonds. The number of anilines is 3. The van der Waals surface area contributed by atoms with Crippen molar-refractivity contribution in [3.8, 4) is 0 Å². The van der Waals surface area contributed by atoms with Gasteiger partial charge in [-0.05, 0) is 29.8 Å². The molecule has 0 bridgehead atoms. The van der Waals surface area contributed by atoms with Gasteiger partial charge >= 0.3 is 0 Å². The fraction of sp³-hybridized carbons (Fsp3) is 0.148. The highest BCUT2D eigenvalue weighted by molar-refractivity contribution is 6.25. The fourth-order valence-electron chi connectivity index (χ4n) is 5.70. The topological polar surface area (TPSA) is 156 Å². The number of imide groups is 1. The predicted octanol–water partition coefficient (Wildman–Crippen LogP) is 3.53. The largest absolute Gasteiger partial charge is 0.351 e. The molecule has 0 unspecified atom stereocenters. The Balaban J connectivity index is 1.41. The van der Waals surface area contributed by atoms with Crippen molar-refractivity contribution in [2.45, 2.75) is 12.1 Å². The first-order valence-electron chi connectivity index (χ1n) is 12.0. The minimum atomic E-state index is -1.10. The summed E-state index contributed by atoms with van der Waals surface area (Å²) in [5.41, 5.74) is 1.44. The first-order chi connectivity index (χ1) is 18.8. The van der Waals surface area contributed by atoms with Crippen LogP contribution in [0.15, 0.2) is 78.9 Å². The van der Waals surface area contributed by atoms with Crippen LogP contribution in [0.25, 0.3) is 6.08 Å². The lowest BCUT2D eigenvalue weighted by molar-refractivity contribution is -0.385. The summed E-state index contributed by atoms with van der Waals surface area (Å²) in [6.07, 6.45) is 3.64. The van der Waals surface area contributed by atoms with Crippen molar-refractivity contribution in [3.63, 3.8) is 0 Å². The average Bonchev–Trinajstić information content (AvgIpc) is 3.41. The Kier molecular flexibility index (Phi) is 5.45. The normalized spacial score (nSPS) is 22.8. The molecule has 2 saturated heterocycles. The van der Waals surface area contributed by atoms with Gasteiger partial charge in [-0.1, -0.05) is 36.4 Å². The highest BCUT2D eigenvalue weighted by Gasteiger charge is 2.64. The fourth-order valence-corrected chi connectivity index (χ4v) is 5.70. The zero-order chi connectivity index (χ0) is 27.4. The van der Waals surface area contributed by atoms with E-state index in [1.807, 2.05) is 24.3 Å². The molecule has 0 spiro atoms. The molecule has 3 aliphatic rings. The Morgan fingerprint density at radius 3 is 2.23 bits per heavy atom. The summed E-state index contributed by atoms with van der Waals surface area (Å²) >= 11 is 0. The summed E-state index contributed by atoms with van der Waals surface area (Å²) in [7, 11) is 0. The van der Waals surface area contributed by atoms with Crippen molar-refractivity contribution >= 4 is 52.2 Å². The third kappa shape index (κ3) is 3.72. The number of rotatable bonds is 5. The van der Waals surface area contributed by atoms with E-state index in [2.05, 4.69) is 5.32 Å². The molecule has 1 N–H and O–H groups in total. The molecule has 0 radical (unpaired) electrons. The van der Waals surface area contributed by atoms with Gasteiger partial charge in [0.25, 0.3) is 11.4 Å². The average molecular weight is 525 g/mol. The van der Waals surface area contributed by atoms with E-state index in [4.69, 9.17) is 0 Å². The van der Waals surface area contributed by atoms with Crippen LogP contribution in [0.5, 0.6) is 0 Å². The number of amides is 3. The molecule has 3 aromatic rings. The first kappa shape index (κ1) is 24.0. The number of hydrogen-bond acceptors (Lipinski definition) is 8. The number of para-hydroxylation sites is 1. The number of nitro benzene ring substituents is 2. The zero-order valence-corrected chi connectivity index (χ0v) is 20.0. The molecule has 0 aromatic heterocycles. The first-order valence-corrected chi connectivity index (χ1v) is 12.0. The Labute approximate surface area is 220 Å². The minimum absolute atomic E-state index is 0.0647. The van der Waals surface area contributed by atoms with E-state index in [0.717, 1.165) is 16.5 Å². The molecule has 2 fully saturated rings. The van der Waals surface area contributed by atoms with Crippen LogP contribution in [-0.4, -0.2) is 39.7 Å². The molecule has 194 valence electrons. The number of nitrogens with zero attached hydrogens (tertiary/aromatic N) is 4. The lowest BCUT2D eigenvalue weighted by Gasteiger charge is -2.36. The van der Waals surface area contributed by atoms with E-state index in [0.29, 0.717) is 11.4 Å². The van der Waals surface area contributed by atoms with Crippen molar-refractivity contribution in [1.29, 1.82) is 0 Å². The number of non-ortho nitro benzene ring substituents is 2. The summed E-state index contributed by atoms with van der Waals surface area (Å²) in [4.78, 5) is 65.3. The predicted molar refractivity (Wildman–Crippen MR) is 140 cm³/mol. The van der Waals surface area contributed by atoms with Gasteiger partial charge < -0.3 is 10.2 Å². The molecule has 3 aromatic carbocycles. The van der Waals surface area contributed by atoms with E-state index < -0.39 is 51.5 Å². The second kappa shape index (κ2) is 8.87. The number of benzene rings is 3. The molecule has 39 heavy (non-hydrogen) atoms. The molecule has 4 atom stereocenters. The Bertz CT molecular complexity index is 1600. The number of carbonyl (C=O) groups is 3. The van der Waals surface area contributed by atoms with Crippen LogP contribution in [0.3, 0.4) is 0 Å². The molecular formula is C27H19N5O7. The number of nitrogens with one attached hydrogen (secondary N) is 1. The molecule has 0 saturated carbocycles. The second-order valence-corrected chi connectivity index (χ2v) is 9.39. The van der Waals surface area contributed by atoms with Crippen LogP contribution < -0.4 is 15.1 Å². The summed E-state index contributed by atoms with van der Waals surface area (Å²) in [6, 6.07) is 16.1. The second-order valence-electron chi connectivity index (χ2n) is 9.39. The maximum absolute atomic E-state index is 13.9. The van der Waals surface area contributed by atoms with Gasteiger partial charge in [0, 0.05) is 35.6 Å². The van der Waals surface area contributed by atoms with Gasteiger partial charge in [0.05, 0.1) is 33.4 Å². The van der Waals surface area contributed by atoms with Crippen LogP contribution in [0.1, 0.15) is 5.56 Å². The SMILES string of the molecule is O=C(Nc1ccc([N+](=O)[O-])cc1)[C@H]1[C@H]2C(=O)N(c3cccc([N+](=O)[O-])c3)C(=O)[C@H]2[C@@H]2C=Cc3ccccc3N21. The lowest BCUT2D eigenvalue weighted by Crippen LogP contribution is -2.50. The number of nitro groups is 2. The number of fused-ring (bicyclic) bond motifs is 5. The summed E-state index contributed by atoms with van der Waals surface area (Å²) < 4.78 is 0. The zero-order valence-electron chi connectivity index (χ0n) is 20.0. The smallest absolute Gasteiger partial charge is 0.271 e. The Hall–Kier alpha value is -5.39. The maximum Gasteiger partial charge on any atom is 0.271 e. The Morgan fingerprint density at radius 2 is 1.51 bits per heavy atom. The highest BCUT2D eigenvalue weighted by Crippen LogP contribution is 2.49. The third-order valence-electron chi connectivity index (χ3n) is 7.33. The van der Waals surface area contributed by atoms with E-state index >= 15 is 0 Å². The van der Waals surface area contributed by atoms with Crippen LogP contribution in [0, 0.1) is 32.1 Å². The van der Waals surface area contributed by atoms with Crippen LogP contribution in [-0.2, 0) is 14.4 Å². The molecule has 12 heteroatoms. The van der Waals surface area contributed by atoms with Gasteiger partial charge in [-0.2, -0.15) is 0 Å². The minimum Gasteiger partial charge on any atom is -0.351 e. The van der Waals surface area contributed by atoms with Crippen molar-refractivity contribution in [1.82, 2.24) is 0 Å². The monoisotopic (exact) mass is 525 g/mol. The molecule has 12 nitrogen and oxygen atoms in total. The van der Waals surface area contributed by atoms with Gasteiger partial charge in [-0.25, -0.2) is 4.90 Å². The standard InChI is InChI=1S/C27H19N5O7/c33-25(28-16-9-11-17(12-10-16)31(36)37)24-23-22(21-13-8-15-4-1-2-7-20(15)30(21)24)26(34)29(27(23)35)18-5-3-6-19(14-18)32(38)39/h1-14,21-24H,(H,28,33)/t21-,22-,23-,24+/m0/s1. The van der Waals surface area contributed by atoms with Crippen LogP contribution in [0.2, 0.25) is 0 Å². The van der Waals surface area contributed by atoms with E-state index in [1.54, 1.807) is 17.0 Å². The lowest BCUT2D eigenvalue weighted by atomic mass is 9.88. The van der Waals surface area contributed by atoms with E-state index in [9.17, 15) is 34.6 Å². The Morgan fingerprint density at radius 1 is 0.821 bits per heavy atom. The molecule has 6 rings (SSSR count). The van der Waals surface area contributed by atoms with Crippen molar-refractivity contribution in [2.75, 3.05) is 15.1 Å². The maximum atomic E-state index is 13.9. The van der Waals surface area contributed by atoms with Crippen molar-refractivity contribution in [2.24, 2.45) is 11.8 Å². The molecular weight excluding hydrogens is 506 g/mol. The molecule has 0 aliphatic carbocycles. The number of hydrogen-bond donors (Lipinski definition) is 1. The van der Waals surface area contributed by atoms with Crippen LogP contribution in [0.4, 0.5) is 28.4 Å². The van der Waals surface area contributed by atoms with Gasteiger partial charge in [0.15, 0.2) is 0 Å². The summed E-state index contributed by atoms with van der Waals surface area (Å²) in [6.45, 7) is 0. The molecule has 3 aliphatic heterocycles. The van der Waals surface area contributed by atoms with Gasteiger partial charge in [-0.15, -0.1) is 0 Å². The summed E-state index contributed by atoms with van der Waals surface area (Å²) in [5.74, 6) is -3.72. The van der Waals surface area contributed by atoms with Gasteiger partial charge in [-0.3, -0.25) is 34.6 Å². The van der Waals surface area contributed by atoms with Gasteiger partial charge in [0.1, 0.15) is 6.04 Å².